The molecule has 0 N–H and O–H groups in total. The molecule has 1 aliphatic carbocycles. The van der Waals surface area contributed by atoms with E-state index in [2.05, 4.69) is 271 Å². The van der Waals surface area contributed by atoms with E-state index in [1.165, 1.54) is 75.1 Å². The highest BCUT2D eigenvalue weighted by Gasteiger charge is 2.38. The highest BCUT2D eigenvalue weighted by molar-refractivity contribution is 7.26. The fourth-order valence-corrected chi connectivity index (χ4v) is 14.2. The SMILES string of the molecule is CC(C)(C)c1cccc2c1oc1c(N(c3ccccc3)c3ccc4cc5c(cc4c3)C(C)(C)c3ccc4c(sc6cc7cc(N(c8ccccc8)c8cccc9c8oc8c(C(C)(C)C)cccc89)ccc7cc64)c3-5)cccc12. The van der Waals surface area contributed by atoms with E-state index in [-0.39, 0.29) is 16.2 Å². The highest BCUT2D eigenvalue weighted by Crippen LogP contribution is 2.56. The van der Waals surface area contributed by atoms with Gasteiger partial charge in [0.25, 0.3) is 0 Å². The summed E-state index contributed by atoms with van der Waals surface area (Å²) in [6, 6.07) is 76.1. The van der Waals surface area contributed by atoms with Gasteiger partial charge in [-0.2, -0.15) is 0 Å². The Bertz CT molecular complexity index is 4790. The molecule has 11 aromatic carbocycles. The van der Waals surface area contributed by atoms with Crippen LogP contribution in [0.3, 0.4) is 0 Å². The van der Waals surface area contributed by atoms with Crippen LogP contribution in [0.1, 0.15) is 77.6 Å². The summed E-state index contributed by atoms with van der Waals surface area (Å²) in [5, 5.41) is 12.0. The molecule has 0 spiro atoms. The number of rotatable bonds is 6. The number of para-hydroxylation sites is 6. The van der Waals surface area contributed by atoms with Gasteiger partial charge in [-0.25, -0.2) is 0 Å². The molecule has 3 aromatic heterocycles. The summed E-state index contributed by atoms with van der Waals surface area (Å²) in [4.78, 5) is 4.72. The molecule has 0 radical (unpaired) electrons. The van der Waals surface area contributed by atoms with Gasteiger partial charge in [0.15, 0.2) is 11.2 Å². The molecule has 378 valence electrons. The quantitative estimate of drug-likeness (QED) is 0.166. The maximum Gasteiger partial charge on any atom is 0.159 e. The zero-order valence-electron chi connectivity index (χ0n) is 45.2. The van der Waals surface area contributed by atoms with Gasteiger partial charge in [0.05, 0.1) is 11.4 Å². The van der Waals surface area contributed by atoms with E-state index in [0.717, 1.165) is 78.0 Å². The third-order valence-corrected chi connectivity index (χ3v) is 18.0. The molecule has 0 unspecified atom stereocenters. The van der Waals surface area contributed by atoms with Gasteiger partial charge in [0.2, 0.25) is 0 Å². The molecule has 0 fully saturated rings. The lowest BCUT2D eigenvalue weighted by molar-refractivity contribution is 0.572. The second kappa shape index (κ2) is 16.7. The van der Waals surface area contributed by atoms with Gasteiger partial charge >= 0.3 is 0 Å². The van der Waals surface area contributed by atoms with Crippen LogP contribution in [0, 0.1) is 0 Å². The Labute approximate surface area is 458 Å². The molecule has 0 saturated heterocycles. The lowest BCUT2D eigenvalue weighted by atomic mass is 9.81. The first kappa shape index (κ1) is 46.6. The maximum absolute atomic E-state index is 6.99. The topological polar surface area (TPSA) is 32.8 Å². The van der Waals surface area contributed by atoms with Crippen LogP contribution in [0.5, 0.6) is 0 Å². The molecule has 15 rings (SSSR count). The van der Waals surface area contributed by atoms with E-state index in [0.29, 0.717) is 0 Å². The molecule has 0 saturated carbocycles. The maximum atomic E-state index is 6.99. The van der Waals surface area contributed by atoms with E-state index in [1.54, 1.807) is 0 Å². The van der Waals surface area contributed by atoms with Crippen molar-refractivity contribution in [2.75, 3.05) is 9.80 Å². The zero-order chi connectivity index (χ0) is 53.0. The summed E-state index contributed by atoms with van der Waals surface area (Å²) in [6.45, 7) is 18.3. The zero-order valence-corrected chi connectivity index (χ0v) is 46.1. The number of thiophene rings is 1. The Balaban J connectivity index is 0.851. The van der Waals surface area contributed by atoms with Crippen molar-refractivity contribution in [2.24, 2.45) is 0 Å². The number of furan rings is 2. The summed E-state index contributed by atoms with van der Waals surface area (Å²) in [5.74, 6) is 0. The highest BCUT2D eigenvalue weighted by atomic mass is 32.1. The fourth-order valence-electron chi connectivity index (χ4n) is 12.9. The minimum Gasteiger partial charge on any atom is -0.454 e. The smallest absolute Gasteiger partial charge is 0.159 e. The van der Waals surface area contributed by atoms with Crippen LogP contribution in [0.15, 0.2) is 215 Å². The summed E-state index contributed by atoms with van der Waals surface area (Å²) in [7, 11) is 0. The van der Waals surface area contributed by atoms with Crippen molar-refractivity contribution in [3.8, 4) is 11.1 Å². The Hall–Kier alpha value is -8.64. The average molecular weight is 1030 g/mol. The molecular formula is C73H58N2O2S. The number of anilines is 6. The molecule has 0 bridgehead atoms. The molecule has 1 aliphatic rings. The minimum atomic E-state index is -0.208. The predicted molar refractivity (Wildman–Crippen MR) is 333 cm³/mol. The molecule has 78 heavy (non-hydrogen) atoms. The van der Waals surface area contributed by atoms with Crippen molar-refractivity contribution >= 4 is 131 Å². The van der Waals surface area contributed by atoms with Crippen molar-refractivity contribution in [3.05, 3.63) is 229 Å². The second-order valence-corrected chi connectivity index (χ2v) is 25.2. The van der Waals surface area contributed by atoms with Gasteiger partial charge < -0.3 is 18.6 Å². The van der Waals surface area contributed by atoms with Gasteiger partial charge in [-0.1, -0.05) is 177 Å². The third kappa shape index (κ3) is 6.97. The van der Waals surface area contributed by atoms with Crippen LogP contribution in [0.25, 0.3) is 96.7 Å². The largest absolute Gasteiger partial charge is 0.454 e. The Morgan fingerprint density at radius 1 is 0.372 bits per heavy atom. The number of benzene rings is 11. The average Bonchev–Trinajstić information content (AvgIpc) is 4.36. The van der Waals surface area contributed by atoms with E-state index < -0.39 is 0 Å². The van der Waals surface area contributed by atoms with Crippen molar-refractivity contribution in [1.29, 1.82) is 0 Å². The van der Waals surface area contributed by atoms with Crippen LogP contribution in [0.4, 0.5) is 34.1 Å². The predicted octanol–water partition coefficient (Wildman–Crippen LogP) is 22.0. The van der Waals surface area contributed by atoms with Crippen molar-refractivity contribution in [3.63, 3.8) is 0 Å². The lowest BCUT2D eigenvalue weighted by Crippen LogP contribution is -2.15. The van der Waals surface area contributed by atoms with Crippen LogP contribution in [-0.4, -0.2) is 0 Å². The molecule has 3 heterocycles. The van der Waals surface area contributed by atoms with Crippen molar-refractivity contribution < 1.29 is 8.83 Å². The van der Waals surface area contributed by atoms with Crippen LogP contribution >= 0.6 is 11.3 Å². The van der Waals surface area contributed by atoms with E-state index in [9.17, 15) is 0 Å². The Kier molecular flexibility index (Phi) is 9.98. The molecule has 0 aliphatic heterocycles. The van der Waals surface area contributed by atoms with Crippen LogP contribution in [-0.2, 0) is 16.2 Å². The summed E-state index contributed by atoms with van der Waals surface area (Å²) in [6.07, 6.45) is 0. The normalized spacial score (nSPS) is 13.5. The summed E-state index contributed by atoms with van der Waals surface area (Å²) >= 11 is 1.93. The van der Waals surface area contributed by atoms with E-state index in [1.807, 2.05) is 11.3 Å². The van der Waals surface area contributed by atoms with Gasteiger partial charge in [-0.15, -0.1) is 11.3 Å². The van der Waals surface area contributed by atoms with Crippen molar-refractivity contribution in [2.45, 2.75) is 71.6 Å². The van der Waals surface area contributed by atoms with Gasteiger partial charge in [0, 0.05) is 86.6 Å². The van der Waals surface area contributed by atoms with Crippen molar-refractivity contribution in [1.82, 2.24) is 0 Å². The van der Waals surface area contributed by atoms with Gasteiger partial charge in [0.1, 0.15) is 11.2 Å². The first-order valence-electron chi connectivity index (χ1n) is 27.3. The lowest BCUT2D eigenvalue weighted by Gasteiger charge is -2.26. The van der Waals surface area contributed by atoms with Crippen LogP contribution in [0.2, 0.25) is 0 Å². The number of nitrogens with zero attached hydrogens (tertiary/aromatic N) is 2. The summed E-state index contributed by atoms with van der Waals surface area (Å²) < 4.78 is 16.6. The molecular weight excluding hydrogens is 969 g/mol. The first-order chi connectivity index (χ1) is 37.7. The molecule has 0 amide bonds. The van der Waals surface area contributed by atoms with Gasteiger partial charge in [-0.05, 0) is 134 Å². The van der Waals surface area contributed by atoms with E-state index in [4.69, 9.17) is 8.83 Å². The third-order valence-electron chi connectivity index (χ3n) is 16.8. The number of fused-ring (bicyclic) bond motifs is 15. The molecule has 5 heteroatoms. The molecule has 14 aromatic rings. The molecule has 4 nitrogen and oxygen atoms in total. The number of hydrogen-bond acceptors (Lipinski definition) is 5. The van der Waals surface area contributed by atoms with Gasteiger partial charge in [-0.3, -0.25) is 0 Å². The minimum absolute atomic E-state index is 0.0692. The van der Waals surface area contributed by atoms with Crippen LogP contribution < -0.4 is 9.80 Å². The Morgan fingerprint density at radius 3 is 1.38 bits per heavy atom. The first-order valence-corrected chi connectivity index (χ1v) is 28.1. The van der Waals surface area contributed by atoms with E-state index >= 15 is 0 Å². The fraction of sp³-hybridized carbons (Fsp3) is 0.151. The standard InChI is InChI=1S/C73H58N2O2S/c1-71(2,3)59-27-15-23-51-53-25-17-29-62(68(53)76-66(51)59)74(47-19-11-9-12-20-47)49-34-32-44-40-57-61(41-45(44)37-49)73(7,8)58-36-35-55-56-39-43-31-33-50(38-46(43)42-64(56)78-70(55)65(57)58)75(48-21-13-10-14-22-48)63-30-18-26-54-52-24-16-28-60(72(4,5)6)67(52)77-69(54)63/h9-42H,1-8H3. The number of hydrogen-bond donors (Lipinski definition) is 0. The summed E-state index contributed by atoms with van der Waals surface area (Å²) in [5.41, 5.74) is 17.6. The Morgan fingerprint density at radius 2 is 0.859 bits per heavy atom. The second-order valence-electron chi connectivity index (χ2n) is 24.1. The monoisotopic (exact) mass is 1030 g/mol. The molecule has 0 atom stereocenters.